The van der Waals surface area contributed by atoms with E-state index in [1.54, 1.807) is 31.2 Å². The van der Waals surface area contributed by atoms with Crippen LogP contribution in [0.2, 0.25) is 0 Å². The first-order valence-corrected chi connectivity index (χ1v) is 15.0. The summed E-state index contributed by atoms with van der Waals surface area (Å²) in [4.78, 5) is 25.3. The van der Waals surface area contributed by atoms with Crippen molar-refractivity contribution >= 4 is 27.5 Å². The molecule has 37 heavy (non-hydrogen) atoms. The summed E-state index contributed by atoms with van der Waals surface area (Å²) in [5.74, 6) is -0.128. The fourth-order valence-corrected chi connectivity index (χ4v) is 6.97. The summed E-state index contributed by atoms with van der Waals surface area (Å²) in [5.41, 5.74) is 2.29. The molecule has 4 rings (SSSR count). The molecule has 0 radical (unpaired) electrons. The van der Waals surface area contributed by atoms with Gasteiger partial charge in [0.15, 0.2) is 9.84 Å². The van der Waals surface area contributed by atoms with Crippen molar-refractivity contribution in [1.29, 1.82) is 0 Å². The Balaban J connectivity index is 1.52. The SMILES string of the molecule is CCS(=O)(=O)c1cccc(NC(=O)NC(c2ccc(C(=O)OC)cc2)C2CCC3(CCCCC3)CC2)c1. The lowest BCUT2D eigenvalue weighted by molar-refractivity contribution is 0.0600. The van der Waals surface area contributed by atoms with Gasteiger partial charge in [-0.2, -0.15) is 0 Å². The van der Waals surface area contributed by atoms with E-state index in [0.717, 1.165) is 18.4 Å². The van der Waals surface area contributed by atoms with Crippen LogP contribution in [0.5, 0.6) is 0 Å². The first-order chi connectivity index (χ1) is 17.7. The molecule has 2 aliphatic carbocycles. The van der Waals surface area contributed by atoms with Gasteiger partial charge in [0.05, 0.1) is 29.4 Å². The molecule has 0 aromatic heterocycles. The van der Waals surface area contributed by atoms with Crippen LogP contribution < -0.4 is 10.6 Å². The molecule has 2 aromatic carbocycles. The molecule has 2 aromatic rings. The summed E-state index contributed by atoms with van der Waals surface area (Å²) in [6.07, 6.45) is 11.0. The van der Waals surface area contributed by atoms with Crippen molar-refractivity contribution in [2.24, 2.45) is 11.3 Å². The largest absolute Gasteiger partial charge is 0.465 e. The Bertz CT molecular complexity index is 1190. The quantitative estimate of drug-likeness (QED) is 0.414. The number of hydrogen-bond donors (Lipinski definition) is 2. The lowest BCUT2D eigenvalue weighted by atomic mass is 9.62. The van der Waals surface area contributed by atoms with Gasteiger partial charge < -0.3 is 15.4 Å². The van der Waals surface area contributed by atoms with Gasteiger partial charge in [0.1, 0.15) is 0 Å². The standard InChI is InChI=1S/C29H38N2O5S/c1-3-37(34,35)25-9-7-8-24(20-25)30-28(33)31-26(21-10-12-23(13-11-21)27(32)36-2)22-14-18-29(19-15-22)16-5-4-6-17-29/h7-13,20,22,26H,3-6,14-19H2,1-2H3,(H2,30,31,33). The molecule has 8 heteroatoms. The van der Waals surface area contributed by atoms with E-state index in [0.29, 0.717) is 16.7 Å². The summed E-state index contributed by atoms with van der Waals surface area (Å²) in [7, 11) is -2.02. The maximum Gasteiger partial charge on any atom is 0.337 e. The molecule has 2 fully saturated rings. The minimum atomic E-state index is -3.38. The van der Waals surface area contributed by atoms with Crippen molar-refractivity contribution in [2.45, 2.75) is 75.6 Å². The summed E-state index contributed by atoms with van der Waals surface area (Å²) in [5, 5.41) is 5.99. The number of esters is 1. The third kappa shape index (κ3) is 6.53. The number of rotatable bonds is 7. The molecular formula is C29H38N2O5S. The Morgan fingerprint density at radius 3 is 2.30 bits per heavy atom. The number of benzene rings is 2. The zero-order valence-electron chi connectivity index (χ0n) is 21.8. The highest BCUT2D eigenvalue weighted by Crippen LogP contribution is 2.50. The van der Waals surface area contributed by atoms with Crippen LogP contribution >= 0.6 is 0 Å². The van der Waals surface area contributed by atoms with E-state index in [-0.39, 0.29) is 28.6 Å². The van der Waals surface area contributed by atoms with Crippen LogP contribution in [0.15, 0.2) is 53.4 Å². The number of anilines is 1. The monoisotopic (exact) mass is 526 g/mol. The summed E-state index contributed by atoms with van der Waals surface area (Å²) < 4.78 is 29.4. The van der Waals surface area contributed by atoms with E-state index in [1.807, 2.05) is 12.1 Å². The fraction of sp³-hybridized carbons (Fsp3) is 0.517. The molecule has 0 heterocycles. The van der Waals surface area contributed by atoms with Crippen LogP contribution in [0, 0.1) is 11.3 Å². The molecule has 2 saturated carbocycles. The minimum Gasteiger partial charge on any atom is -0.465 e. The van der Waals surface area contributed by atoms with Crippen molar-refractivity contribution in [3.63, 3.8) is 0 Å². The number of sulfone groups is 1. The summed E-state index contributed by atoms with van der Waals surface area (Å²) in [6, 6.07) is 13.0. The molecule has 2 aliphatic rings. The van der Waals surface area contributed by atoms with Crippen LogP contribution in [0.4, 0.5) is 10.5 Å². The molecule has 1 spiro atoms. The van der Waals surface area contributed by atoms with Gasteiger partial charge >= 0.3 is 12.0 Å². The Morgan fingerprint density at radius 2 is 1.68 bits per heavy atom. The van der Waals surface area contributed by atoms with Crippen molar-refractivity contribution in [2.75, 3.05) is 18.2 Å². The van der Waals surface area contributed by atoms with E-state index in [2.05, 4.69) is 10.6 Å². The van der Waals surface area contributed by atoms with E-state index in [1.165, 1.54) is 64.2 Å². The zero-order valence-corrected chi connectivity index (χ0v) is 22.6. The predicted octanol–water partition coefficient (Wildman–Crippen LogP) is 6.27. The Kier molecular flexibility index (Phi) is 8.57. The van der Waals surface area contributed by atoms with Crippen LogP contribution in [0.25, 0.3) is 0 Å². The van der Waals surface area contributed by atoms with Gasteiger partial charge in [-0.25, -0.2) is 18.0 Å². The molecule has 0 aliphatic heterocycles. The number of methoxy groups -OCH3 is 1. The van der Waals surface area contributed by atoms with E-state index < -0.39 is 15.8 Å². The van der Waals surface area contributed by atoms with Gasteiger partial charge in [0.25, 0.3) is 0 Å². The maximum absolute atomic E-state index is 13.1. The van der Waals surface area contributed by atoms with Crippen LogP contribution in [0.1, 0.15) is 86.7 Å². The van der Waals surface area contributed by atoms with Gasteiger partial charge in [-0.05, 0) is 85.8 Å². The second-order valence-electron chi connectivity index (χ2n) is 10.5. The van der Waals surface area contributed by atoms with Gasteiger partial charge in [0, 0.05) is 5.69 Å². The second kappa shape index (κ2) is 11.7. The first kappa shape index (κ1) is 27.2. The molecule has 200 valence electrons. The van der Waals surface area contributed by atoms with Gasteiger partial charge in [0.2, 0.25) is 0 Å². The molecule has 2 amide bonds. The number of carbonyl (C=O) groups is 2. The predicted molar refractivity (Wildman–Crippen MR) is 144 cm³/mol. The van der Waals surface area contributed by atoms with Crippen molar-refractivity contribution in [3.05, 3.63) is 59.7 Å². The number of urea groups is 1. The minimum absolute atomic E-state index is 0.00450. The molecule has 7 nitrogen and oxygen atoms in total. The van der Waals surface area contributed by atoms with Crippen LogP contribution in [-0.4, -0.2) is 33.3 Å². The van der Waals surface area contributed by atoms with E-state index >= 15 is 0 Å². The highest BCUT2D eigenvalue weighted by molar-refractivity contribution is 7.91. The normalized spacial score (nSPS) is 18.6. The topological polar surface area (TPSA) is 102 Å². The highest BCUT2D eigenvalue weighted by atomic mass is 32.2. The number of ether oxygens (including phenoxy) is 1. The van der Waals surface area contributed by atoms with Gasteiger partial charge in [-0.3, -0.25) is 0 Å². The third-order valence-corrected chi connectivity index (χ3v) is 10.0. The summed E-state index contributed by atoms with van der Waals surface area (Å²) in [6.45, 7) is 1.60. The molecular weight excluding hydrogens is 488 g/mol. The van der Waals surface area contributed by atoms with Crippen LogP contribution in [-0.2, 0) is 14.6 Å². The van der Waals surface area contributed by atoms with E-state index in [4.69, 9.17) is 4.74 Å². The lowest BCUT2D eigenvalue weighted by Gasteiger charge is -2.45. The highest BCUT2D eigenvalue weighted by Gasteiger charge is 2.39. The summed E-state index contributed by atoms with van der Waals surface area (Å²) >= 11 is 0. The Labute approximate surface area is 220 Å². The molecule has 0 bridgehead atoms. The average Bonchev–Trinajstić information content (AvgIpc) is 2.92. The molecule has 0 saturated heterocycles. The first-order valence-electron chi connectivity index (χ1n) is 13.3. The number of carbonyl (C=O) groups excluding carboxylic acids is 2. The second-order valence-corrected chi connectivity index (χ2v) is 12.8. The van der Waals surface area contributed by atoms with Crippen LogP contribution in [0.3, 0.4) is 0 Å². The number of hydrogen-bond acceptors (Lipinski definition) is 5. The smallest absolute Gasteiger partial charge is 0.337 e. The fourth-order valence-electron chi connectivity index (χ4n) is 6.05. The maximum atomic E-state index is 13.1. The van der Waals surface area contributed by atoms with Gasteiger partial charge in [-0.15, -0.1) is 0 Å². The number of nitrogens with one attached hydrogen (secondary N) is 2. The van der Waals surface area contributed by atoms with Crippen molar-refractivity contribution in [1.82, 2.24) is 5.32 Å². The third-order valence-electron chi connectivity index (χ3n) is 8.29. The molecule has 2 N–H and O–H groups in total. The van der Waals surface area contributed by atoms with Crippen molar-refractivity contribution < 1.29 is 22.7 Å². The number of amides is 2. The van der Waals surface area contributed by atoms with Crippen molar-refractivity contribution in [3.8, 4) is 0 Å². The molecule has 1 atom stereocenters. The lowest BCUT2D eigenvalue weighted by Crippen LogP contribution is -2.39. The van der Waals surface area contributed by atoms with E-state index in [9.17, 15) is 18.0 Å². The molecule has 1 unspecified atom stereocenters. The Hall–Kier alpha value is -2.87. The Morgan fingerprint density at radius 1 is 1.00 bits per heavy atom. The zero-order chi connectivity index (χ0) is 26.5. The average molecular weight is 527 g/mol. The van der Waals surface area contributed by atoms with Gasteiger partial charge in [-0.1, -0.05) is 44.4 Å².